The molecule has 0 saturated carbocycles. The molecule has 0 spiro atoms. The topological polar surface area (TPSA) is 41.9 Å². The van der Waals surface area contributed by atoms with E-state index in [0.717, 1.165) is 50.0 Å². The molecule has 1 amide bonds. The molecular formula is C24H28N2O2. The third kappa shape index (κ3) is 4.11. The van der Waals surface area contributed by atoms with Crippen molar-refractivity contribution >= 4 is 11.6 Å². The maximum absolute atomic E-state index is 12.9. The second-order valence-electron chi connectivity index (χ2n) is 7.83. The molecule has 4 nitrogen and oxygen atoms in total. The van der Waals surface area contributed by atoms with E-state index in [2.05, 4.69) is 54.5 Å². The molecule has 2 aromatic rings. The predicted molar refractivity (Wildman–Crippen MR) is 112 cm³/mol. The van der Waals surface area contributed by atoms with E-state index in [4.69, 9.17) is 4.84 Å². The Labute approximate surface area is 167 Å². The molecular weight excluding hydrogens is 348 g/mol. The standard InChI is InChI=1S/C24H28N2O2/c1-2-23-22(17-28-25-23)20-8-10-21(11-9-20)24(27)26-14-12-19(13-15-26)16-18-6-4-3-5-7-18/h3-11,19,22H,2,12-17H2,1H3. The molecule has 2 aliphatic heterocycles. The molecule has 0 aliphatic carbocycles. The number of rotatable bonds is 5. The van der Waals surface area contributed by atoms with Gasteiger partial charge in [0.25, 0.3) is 5.91 Å². The largest absolute Gasteiger partial charge is 0.395 e. The fraction of sp³-hybridized carbons (Fsp3) is 0.417. The van der Waals surface area contributed by atoms with Crippen molar-refractivity contribution in [2.45, 2.75) is 38.5 Å². The van der Waals surface area contributed by atoms with Crippen LogP contribution in [0.1, 0.15) is 53.6 Å². The van der Waals surface area contributed by atoms with Gasteiger partial charge in [-0.1, -0.05) is 54.5 Å². The summed E-state index contributed by atoms with van der Waals surface area (Å²) in [5, 5.41) is 4.12. The van der Waals surface area contributed by atoms with Gasteiger partial charge in [0, 0.05) is 18.7 Å². The molecule has 4 rings (SSSR count). The van der Waals surface area contributed by atoms with Crippen molar-refractivity contribution in [1.82, 2.24) is 4.90 Å². The van der Waals surface area contributed by atoms with Crippen LogP contribution in [-0.4, -0.2) is 36.2 Å². The van der Waals surface area contributed by atoms with Crippen molar-refractivity contribution in [3.05, 3.63) is 71.3 Å². The predicted octanol–water partition coefficient (Wildman–Crippen LogP) is 4.66. The van der Waals surface area contributed by atoms with Crippen LogP contribution in [0.3, 0.4) is 0 Å². The number of piperidine rings is 1. The lowest BCUT2D eigenvalue weighted by molar-refractivity contribution is 0.0690. The van der Waals surface area contributed by atoms with Gasteiger partial charge in [0.2, 0.25) is 0 Å². The molecule has 2 aromatic carbocycles. The number of benzene rings is 2. The normalized spacial score (nSPS) is 20.0. The van der Waals surface area contributed by atoms with Crippen LogP contribution in [-0.2, 0) is 11.3 Å². The zero-order chi connectivity index (χ0) is 19.3. The third-order valence-electron chi connectivity index (χ3n) is 6.02. The van der Waals surface area contributed by atoms with Gasteiger partial charge in [-0.25, -0.2) is 0 Å². The van der Waals surface area contributed by atoms with Crippen molar-refractivity contribution < 1.29 is 9.63 Å². The van der Waals surface area contributed by atoms with Crippen LogP contribution in [0, 0.1) is 5.92 Å². The molecule has 0 N–H and O–H groups in total. The first-order valence-corrected chi connectivity index (χ1v) is 10.4. The van der Waals surface area contributed by atoms with Gasteiger partial charge < -0.3 is 9.74 Å². The molecule has 2 heterocycles. The summed E-state index contributed by atoms with van der Waals surface area (Å²) in [6.07, 6.45) is 4.16. The summed E-state index contributed by atoms with van der Waals surface area (Å²) >= 11 is 0. The van der Waals surface area contributed by atoms with Gasteiger partial charge in [-0.3, -0.25) is 4.79 Å². The highest BCUT2D eigenvalue weighted by molar-refractivity contribution is 5.95. The molecule has 1 atom stereocenters. The molecule has 0 radical (unpaired) electrons. The molecule has 1 saturated heterocycles. The number of carbonyl (C=O) groups is 1. The average molecular weight is 377 g/mol. The summed E-state index contributed by atoms with van der Waals surface area (Å²) in [7, 11) is 0. The minimum atomic E-state index is 0.150. The van der Waals surface area contributed by atoms with E-state index >= 15 is 0 Å². The Kier molecular flexibility index (Phi) is 5.75. The van der Waals surface area contributed by atoms with Crippen LogP contribution in [0.5, 0.6) is 0 Å². The molecule has 4 heteroatoms. The van der Waals surface area contributed by atoms with Crippen LogP contribution in [0.4, 0.5) is 0 Å². The summed E-state index contributed by atoms with van der Waals surface area (Å²) in [6, 6.07) is 18.7. The zero-order valence-corrected chi connectivity index (χ0v) is 16.5. The number of carbonyl (C=O) groups excluding carboxylic acids is 1. The van der Waals surface area contributed by atoms with E-state index in [9.17, 15) is 4.79 Å². The highest BCUT2D eigenvalue weighted by Crippen LogP contribution is 2.26. The van der Waals surface area contributed by atoms with Crippen molar-refractivity contribution in [3.8, 4) is 0 Å². The summed E-state index contributed by atoms with van der Waals surface area (Å²) in [6.45, 7) is 4.40. The maximum atomic E-state index is 12.9. The number of hydrogen-bond acceptors (Lipinski definition) is 3. The summed E-state index contributed by atoms with van der Waals surface area (Å²) in [5.41, 5.74) is 4.43. The van der Waals surface area contributed by atoms with Crippen molar-refractivity contribution in [2.24, 2.45) is 11.1 Å². The van der Waals surface area contributed by atoms with E-state index in [1.54, 1.807) is 0 Å². The number of oxime groups is 1. The molecule has 28 heavy (non-hydrogen) atoms. The highest BCUT2D eigenvalue weighted by atomic mass is 16.6. The molecule has 1 unspecified atom stereocenters. The minimum Gasteiger partial charge on any atom is -0.395 e. The molecule has 1 fully saturated rings. The van der Waals surface area contributed by atoms with Crippen LogP contribution in [0.15, 0.2) is 59.8 Å². The van der Waals surface area contributed by atoms with Crippen LogP contribution in [0.2, 0.25) is 0 Å². The minimum absolute atomic E-state index is 0.150. The van der Waals surface area contributed by atoms with Crippen molar-refractivity contribution in [2.75, 3.05) is 19.7 Å². The Hall–Kier alpha value is -2.62. The Morgan fingerprint density at radius 2 is 1.79 bits per heavy atom. The van der Waals surface area contributed by atoms with Crippen molar-refractivity contribution in [1.29, 1.82) is 0 Å². The van der Waals surface area contributed by atoms with Gasteiger partial charge in [0.05, 0.1) is 11.6 Å². The Bertz CT molecular complexity index is 821. The average Bonchev–Trinajstić information content (AvgIpc) is 3.24. The first-order valence-electron chi connectivity index (χ1n) is 10.4. The smallest absolute Gasteiger partial charge is 0.253 e. The van der Waals surface area contributed by atoms with Gasteiger partial charge in [-0.2, -0.15) is 0 Å². The van der Waals surface area contributed by atoms with Gasteiger partial charge in [-0.05, 0) is 54.9 Å². The number of hydrogen-bond donors (Lipinski definition) is 0. The fourth-order valence-electron chi connectivity index (χ4n) is 4.28. The van der Waals surface area contributed by atoms with E-state index in [0.29, 0.717) is 12.5 Å². The molecule has 0 bridgehead atoms. The Morgan fingerprint density at radius 3 is 2.46 bits per heavy atom. The lowest BCUT2D eigenvalue weighted by Crippen LogP contribution is -2.38. The van der Waals surface area contributed by atoms with E-state index in [1.165, 1.54) is 11.1 Å². The van der Waals surface area contributed by atoms with Crippen LogP contribution >= 0.6 is 0 Å². The molecule has 2 aliphatic rings. The van der Waals surface area contributed by atoms with Crippen LogP contribution < -0.4 is 0 Å². The monoisotopic (exact) mass is 376 g/mol. The van der Waals surface area contributed by atoms with Gasteiger partial charge >= 0.3 is 0 Å². The van der Waals surface area contributed by atoms with Gasteiger partial charge in [-0.15, -0.1) is 0 Å². The maximum Gasteiger partial charge on any atom is 0.253 e. The Balaban J connectivity index is 1.33. The SMILES string of the molecule is CCC1=NOCC1c1ccc(C(=O)N2CCC(Cc3ccccc3)CC2)cc1. The summed E-state index contributed by atoms with van der Waals surface area (Å²) in [4.78, 5) is 20.2. The molecule has 146 valence electrons. The van der Waals surface area contributed by atoms with E-state index in [-0.39, 0.29) is 11.8 Å². The fourth-order valence-corrected chi connectivity index (χ4v) is 4.28. The summed E-state index contributed by atoms with van der Waals surface area (Å²) in [5.74, 6) is 1.04. The first kappa shape index (κ1) is 18.7. The first-order chi connectivity index (χ1) is 13.7. The van der Waals surface area contributed by atoms with Crippen LogP contribution in [0.25, 0.3) is 0 Å². The number of nitrogens with zero attached hydrogens (tertiary/aromatic N) is 2. The molecule has 0 aromatic heterocycles. The number of likely N-dealkylation sites (tertiary alicyclic amines) is 1. The van der Waals surface area contributed by atoms with Gasteiger partial charge in [0.15, 0.2) is 0 Å². The zero-order valence-electron chi connectivity index (χ0n) is 16.5. The lowest BCUT2D eigenvalue weighted by Gasteiger charge is -2.32. The van der Waals surface area contributed by atoms with Crippen molar-refractivity contribution in [3.63, 3.8) is 0 Å². The van der Waals surface area contributed by atoms with E-state index in [1.807, 2.05) is 17.0 Å². The second kappa shape index (κ2) is 8.59. The number of amides is 1. The Morgan fingerprint density at radius 1 is 1.07 bits per heavy atom. The quantitative estimate of drug-likeness (QED) is 0.761. The lowest BCUT2D eigenvalue weighted by atomic mass is 9.89. The third-order valence-corrected chi connectivity index (χ3v) is 6.02. The van der Waals surface area contributed by atoms with E-state index < -0.39 is 0 Å². The highest BCUT2D eigenvalue weighted by Gasteiger charge is 2.26. The second-order valence-corrected chi connectivity index (χ2v) is 7.83. The van der Waals surface area contributed by atoms with Gasteiger partial charge in [0.1, 0.15) is 6.61 Å². The summed E-state index contributed by atoms with van der Waals surface area (Å²) < 4.78 is 0.